The lowest BCUT2D eigenvalue weighted by Crippen LogP contribution is -2.56. The summed E-state index contributed by atoms with van der Waals surface area (Å²) < 4.78 is 0. The first kappa shape index (κ1) is 22.9. The van der Waals surface area contributed by atoms with Gasteiger partial charge in [-0.15, -0.1) is 0 Å². The molecule has 4 aliphatic rings. The van der Waals surface area contributed by atoms with E-state index in [-0.39, 0.29) is 6.10 Å². The van der Waals surface area contributed by atoms with Crippen LogP contribution in [0.3, 0.4) is 0 Å². The Balaban J connectivity index is 1.48. The maximum atomic E-state index is 10.3. The molecule has 0 aliphatic heterocycles. The Morgan fingerprint density at radius 2 is 1.80 bits per heavy atom. The number of aliphatic hydroxyl groups excluding tert-OH is 1. The molecule has 1 heteroatoms. The van der Waals surface area contributed by atoms with E-state index in [1.807, 2.05) is 0 Å². The van der Waals surface area contributed by atoms with Crippen LogP contribution < -0.4 is 0 Å². The van der Waals surface area contributed by atoms with Crippen molar-refractivity contribution in [2.45, 2.75) is 125 Å². The smallest absolute Gasteiger partial charge is 0.0577 e. The van der Waals surface area contributed by atoms with Crippen molar-refractivity contribution in [3.8, 4) is 0 Å². The molecule has 172 valence electrons. The van der Waals surface area contributed by atoms with Gasteiger partial charge in [-0.25, -0.2) is 0 Å². The second-order valence-corrected chi connectivity index (χ2v) is 12.9. The lowest BCUT2D eigenvalue weighted by Gasteiger charge is -2.64. The Kier molecular flexibility index (Phi) is 6.28. The highest BCUT2D eigenvalue weighted by Crippen LogP contribution is 2.71. The van der Waals surface area contributed by atoms with E-state index in [9.17, 15) is 5.11 Å². The largest absolute Gasteiger partial charge is 0.393 e. The van der Waals surface area contributed by atoms with Gasteiger partial charge in [0.15, 0.2) is 0 Å². The van der Waals surface area contributed by atoms with Gasteiger partial charge in [0.05, 0.1) is 6.10 Å². The molecule has 0 saturated heterocycles. The Hall–Kier alpha value is -0.300. The van der Waals surface area contributed by atoms with Gasteiger partial charge in [-0.05, 0) is 104 Å². The molecule has 4 rings (SSSR count). The molecule has 1 nitrogen and oxygen atoms in total. The number of rotatable bonds is 6. The molecule has 3 fully saturated rings. The first-order valence-corrected chi connectivity index (χ1v) is 13.5. The van der Waals surface area contributed by atoms with E-state index in [1.165, 1.54) is 64.2 Å². The highest BCUT2D eigenvalue weighted by molar-refractivity contribution is 5.28. The molecule has 8 atom stereocenters. The lowest BCUT2D eigenvalue weighted by molar-refractivity contribution is -0.115. The molecular formula is C29H50O. The average Bonchev–Trinajstić information content (AvgIpc) is 3.03. The fraction of sp³-hybridized carbons (Fsp3) is 0.931. The lowest BCUT2D eigenvalue weighted by atomic mass is 9.40. The third kappa shape index (κ3) is 3.45. The van der Waals surface area contributed by atoms with Crippen molar-refractivity contribution in [1.82, 2.24) is 0 Å². The summed E-state index contributed by atoms with van der Waals surface area (Å²) in [4.78, 5) is 0. The minimum absolute atomic E-state index is 0.0908. The first-order valence-electron chi connectivity index (χ1n) is 13.5. The van der Waals surface area contributed by atoms with Crippen LogP contribution in [0.4, 0.5) is 0 Å². The van der Waals surface area contributed by atoms with Gasteiger partial charge in [0, 0.05) is 0 Å². The number of hydrogen-bond acceptors (Lipinski definition) is 1. The van der Waals surface area contributed by atoms with Gasteiger partial charge in [-0.3, -0.25) is 0 Å². The fourth-order valence-corrected chi connectivity index (χ4v) is 9.20. The molecule has 8 unspecified atom stereocenters. The molecule has 0 spiro atoms. The van der Waals surface area contributed by atoms with Crippen LogP contribution in [0.15, 0.2) is 11.6 Å². The van der Waals surface area contributed by atoms with E-state index in [0.717, 1.165) is 42.4 Å². The van der Waals surface area contributed by atoms with Crippen molar-refractivity contribution in [3.05, 3.63) is 11.6 Å². The summed E-state index contributed by atoms with van der Waals surface area (Å²) in [5, 5.41) is 10.3. The van der Waals surface area contributed by atoms with Crippen molar-refractivity contribution in [3.63, 3.8) is 0 Å². The normalized spacial score (nSPS) is 46.7. The van der Waals surface area contributed by atoms with Crippen molar-refractivity contribution in [2.75, 3.05) is 0 Å². The van der Waals surface area contributed by atoms with Crippen molar-refractivity contribution in [1.29, 1.82) is 0 Å². The maximum absolute atomic E-state index is 10.3. The predicted octanol–water partition coefficient (Wildman–Crippen LogP) is 8.17. The summed E-state index contributed by atoms with van der Waals surface area (Å²) in [6.45, 7) is 15.1. The van der Waals surface area contributed by atoms with E-state index in [1.54, 1.807) is 5.57 Å². The van der Waals surface area contributed by atoms with Crippen LogP contribution in [0.25, 0.3) is 0 Å². The molecule has 0 aromatic carbocycles. The van der Waals surface area contributed by atoms with Gasteiger partial charge in [0.25, 0.3) is 0 Å². The summed E-state index contributed by atoms with van der Waals surface area (Å²) in [7, 11) is 0. The number of hydrogen-bond donors (Lipinski definition) is 1. The Morgan fingerprint density at radius 1 is 1.03 bits per heavy atom. The molecular weight excluding hydrogens is 364 g/mol. The van der Waals surface area contributed by atoms with Crippen LogP contribution in [0.1, 0.15) is 119 Å². The number of fused-ring (bicyclic) bond motifs is 5. The van der Waals surface area contributed by atoms with Crippen LogP contribution in [-0.2, 0) is 0 Å². The molecule has 0 bridgehead atoms. The molecule has 0 aromatic rings. The Labute approximate surface area is 187 Å². The van der Waals surface area contributed by atoms with Gasteiger partial charge in [0.1, 0.15) is 0 Å². The second-order valence-electron chi connectivity index (χ2n) is 12.9. The van der Waals surface area contributed by atoms with Gasteiger partial charge in [-0.2, -0.15) is 0 Å². The van der Waals surface area contributed by atoms with Gasteiger partial charge in [0.2, 0.25) is 0 Å². The van der Waals surface area contributed by atoms with Crippen LogP contribution in [0.2, 0.25) is 0 Å². The highest BCUT2D eigenvalue weighted by Gasteiger charge is 2.63. The summed E-state index contributed by atoms with van der Waals surface area (Å²) in [6, 6.07) is 0. The minimum atomic E-state index is -0.0908. The molecule has 3 saturated carbocycles. The molecule has 0 aromatic heterocycles. The van der Waals surface area contributed by atoms with E-state index in [0.29, 0.717) is 16.2 Å². The third-order valence-electron chi connectivity index (χ3n) is 11.7. The van der Waals surface area contributed by atoms with Gasteiger partial charge in [-0.1, -0.05) is 72.5 Å². The van der Waals surface area contributed by atoms with Crippen molar-refractivity contribution < 1.29 is 5.11 Å². The van der Waals surface area contributed by atoms with Crippen molar-refractivity contribution >= 4 is 0 Å². The summed E-state index contributed by atoms with van der Waals surface area (Å²) in [6.07, 6.45) is 18.5. The van der Waals surface area contributed by atoms with E-state index in [2.05, 4.69) is 47.6 Å². The standard InChI is InChI=1S/C29H50O/c1-7-21(20(2)3)9-8-10-22-11-13-25-26-14-12-23-19-24(30)15-16-28(23,5)29(26,6)18-17-27(22,25)4/h12,20-22,24-26,30H,7-11,13-19H2,1-6H3. The van der Waals surface area contributed by atoms with Crippen LogP contribution in [-0.4, -0.2) is 11.2 Å². The zero-order valence-electron chi connectivity index (χ0n) is 21.0. The SMILES string of the molecule is CCC(CCCC1CCC2C3CC=C4CC(O)CCC4(C)C3(C)CCC12C)C(C)C. The fourth-order valence-electron chi connectivity index (χ4n) is 9.20. The highest BCUT2D eigenvalue weighted by atomic mass is 16.3. The van der Waals surface area contributed by atoms with Crippen LogP contribution in [0, 0.1) is 45.8 Å². The van der Waals surface area contributed by atoms with Crippen LogP contribution >= 0.6 is 0 Å². The zero-order chi connectivity index (χ0) is 21.7. The molecule has 0 amide bonds. The van der Waals surface area contributed by atoms with E-state index >= 15 is 0 Å². The summed E-state index contributed by atoms with van der Waals surface area (Å²) >= 11 is 0. The average molecular weight is 415 g/mol. The predicted molar refractivity (Wildman–Crippen MR) is 128 cm³/mol. The monoisotopic (exact) mass is 414 g/mol. The first-order chi connectivity index (χ1) is 14.2. The molecule has 4 aliphatic carbocycles. The maximum Gasteiger partial charge on any atom is 0.0577 e. The van der Waals surface area contributed by atoms with Crippen molar-refractivity contribution in [2.24, 2.45) is 45.8 Å². The Bertz CT molecular complexity index is 649. The minimum Gasteiger partial charge on any atom is -0.393 e. The van der Waals surface area contributed by atoms with Gasteiger partial charge >= 0.3 is 0 Å². The Morgan fingerprint density at radius 3 is 2.50 bits per heavy atom. The topological polar surface area (TPSA) is 20.2 Å². The quantitative estimate of drug-likeness (QED) is 0.434. The molecule has 0 heterocycles. The zero-order valence-corrected chi connectivity index (χ0v) is 21.0. The molecule has 0 radical (unpaired) electrons. The second kappa shape index (κ2) is 8.24. The number of allylic oxidation sites excluding steroid dienone is 1. The summed E-state index contributed by atoms with van der Waals surface area (Å²) in [5.74, 6) is 4.52. The molecule has 30 heavy (non-hydrogen) atoms. The molecule has 1 N–H and O–H groups in total. The third-order valence-corrected chi connectivity index (χ3v) is 11.7. The van der Waals surface area contributed by atoms with E-state index < -0.39 is 0 Å². The van der Waals surface area contributed by atoms with Crippen LogP contribution in [0.5, 0.6) is 0 Å². The summed E-state index contributed by atoms with van der Waals surface area (Å²) in [5.41, 5.74) is 2.97. The number of aliphatic hydroxyl groups is 1. The van der Waals surface area contributed by atoms with Gasteiger partial charge < -0.3 is 5.11 Å². The van der Waals surface area contributed by atoms with E-state index in [4.69, 9.17) is 0 Å².